The van der Waals surface area contributed by atoms with Gasteiger partial charge in [0.25, 0.3) is 0 Å². The van der Waals surface area contributed by atoms with Crippen LogP contribution in [0.4, 0.5) is 0 Å². The third kappa shape index (κ3) is 3.11. The number of aliphatic hydroxyl groups excluding tert-OH is 1. The maximum atomic E-state index is 9.65. The van der Waals surface area contributed by atoms with E-state index in [0.717, 1.165) is 32.3 Å². The van der Waals surface area contributed by atoms with Crippen LogP contribution >= 0.6 is 0 Å². The number of unbranched alkanes of at least 4 members (excludes halogenated alkanes) is 2. The first kappa shape index (κ1) is 10.0. The number of aliphatic hydroxyl groups is 1. The van der Waals surface area contributed by atoms with Crippen LogP contribution in [0.3, 0.4) is 0 Å². The van der Waals surface area contributed by atoms with Crippen molar-refractivity contribution in [2.45, 2.75) is 57.7 Å². The van der Waals surface area contributed by atoms with E-state index in [4.69, 9.17) is 4.74 Å². The van der Waals surface area contributed by atoms with Crippen LogP contribution in [-0.4, -0.2) is 23.9 Å². The van der Waals surface area contributed by atoms with Crippen LogP contribution in [0.1, 0.15) is 45.4 Å². The molecule has 1 saturated heterocycles. The van der Waals surface area contributed by atoms with Crippen LogP contribution in [0.15, 0.2) is 0 Å². The first-order valence-corrected chi connectivity index (χ1v) is 5.14. The molecule has 0 aromatic carbocycles. The Kier molecular flexibility index (Phi) is 4.62. The van der Waals surface area contributed by atoms with Gasteiger partial charge in [-0.25, -0.2) is 0 Å². The fourth-order valence-electron chi connectivity index (χ4n) is 1.70. The Morgan fingerprint density at radius 3 is 2.92 bits per heavy atom. The summed E-state index contributed by atoms with van der Waals surface area (Å²) in [7, 11) is 0. The fourth-order valence-corrected chi connectivity index (χ4v) is 1.70. The first-order chi connectivity index (χ1) is 5.84. The van der Waals surface area contributed by atoms with E-state index in [9.17, 15) is 5.11 Å². The normalized spacial score (nSPS) is 26.0. The van der Waals surface area contributed by atoms with E-state index in [1.165, 1.54) is 12.8 Å². The van der Waals surface area contributed by atoms with Crippen molar-refractivity contribution in [1.82, 2.24) is 0 Å². The highest BCUT2D eigenvalue weighted by Gasteiger charge is 2.23. The summed E-state index contributed by atoms with van der Waals surface area (Å²) >= 11 is 0. The Labute approximate surface area is 74.9 Å². The lowest BCUT2D eigenvalue weighted by molar-refractivity contribution is -0.00631. The monoisotopic (exact) mass is 172 g/mol. The Bertz CT molecular complexity index is 108. The van der Waals surface area contributed by atoms with Crippen molar-refractivity contribution in [3.05, 3.63) is 0 Å². The molecule has 0 radical (unpaired) electrons. The number of hydrogen-bond donors (Lipinski definition) is 1. The predicted octanol–water partition coefficient (Wildman–Crippen LogP) is 2.11. The topological polar surface area (TPSA) is 29.5 Å². The second-order valence-corrected chi connectivity index (χ2v) is 3.61. The maximum Gasteiger partial charge on any atom is 0.0834 e. The lowest BCUT2D eigenvalue weighted by atomic mass is 10.0. The highest BCUT2D eigenvalue weighted by Crippen LogP contribution is 2.19. The maximum absolute atomic E-state index is 9.65. The number of hydrogen-bond acceptors (Lipinski definition) is 2. The third-order valence-electron chi connectivity index (χ3n) is 2.50. The molecule has 1 rings (SSSR count). The minimum absolute atomic E-state index is 0.141. The molecule has 0 aliphatic carbocycles. The van der Waals surface area contributed by atoms with Crippen molar-refractivity contribution in [2.24, 2.45) is 0 Å². The van der Waals surface area contributed by atoms with E-state index in [1.807, 2.05) is 0 Å². The smallest absolute Gasteiger partial charge is 0.0834 e. The van der Waals surface area contributed by atoms with Gasteiger partial charge < -0.3 is 9.84 Å². The molecule has 0 spiro atoms. The van der Waals surface area contributed by atoms with Gasteiger partial charge in [-0.3, -0.25) is 0 Å². The van der Waals surface area contributed by atoms with Crippen molar-refractivity contribution in [3.63, 3.8) is 0 Å². The van der Waals surface area contributed by atoms with E-state index in [-0.39, 0.29) is 12.2 Å². The fraction of sp³-hybridized carbons (Fsp3) is 1.00. The minimum atomic E-state index is -0.209. The molecule has 1 N–H and O–H groups in total. The second kappa shape index (κ2) is 5.55. The molecule has 2 nitrogen and oxygen atoms in total. The summed E-state index contributed by atoms with van der Waals surface area (Å²) in [5.74, 6) is 0. The molecule has 0 bridgehead atoms. The summed E-state index contributed by atoms with van der Waals surface area (Å²) in [6.45, 7) is 3.02. The van der Waals surface area contributed by atoms with Crippen molar-refractivity contribution in [1.29, 1.82) is 0 Å². The lowest BCUT2D eigenvalue weighted by Gasteiger charge is -2.16. The predicted molar refractivity (Wildman–Crippen MR) is 49.1 cm³/mol. The van der Waals surface area contributed by atoms with Crippen molar-refractivity contribution >= 4 is 0 Å². The molecule has 0 amide bonds. The number of rotatable bonds is 5. The van der Waals surface area contributed by atoms with Crippen LogP contribution in [0.25, 0.3) is 0 Å². The van der Waals surface area contributed by atoms with Gasteiger partial charge in [-0.15, -0.1) is 0 Å². The number of ether oxygens (including phenoxy) is 1. The molecule has 12 heavy (non-hydrogen) atoms. The zero-order valence-electron chi connectivity index (χ0n) is 7.96. The molecule has 2 atom stereocenters. The second-order valence-electron chi connectivity index (χ2n) is 3.61. The van der Waals surface area contributed by atoms with Gasteiger partial charge in [0.1, 0.15) is 0 Å². The Hall–Kier alpha value is -0.0800. The molecular weight excluding hydrogens is 152 g/mol. The van der Waals surface area contributed by atoms with Gasteiger partial charge in [0.15, 0.2) is 0 Å². The average molecular weight is 172 g/mol. The van der Waals surface area contributed by atoms with Crippen LogP contribution in [0, 0.1) is 0 Å². The molecular formula is C10H20O2. The summed E-state index contributed by atoms with van der Waals surface area (Å²) in [4.78, 5) is 0. The Balaban J connectivity index is 2.05. The molecule has 1 heterocycles. The molecule has 1 aliphatic rings. The molecule has 0 aromatic rings. The first-order valence-electron chi connectivity index (χ1n) is 5.14. The zero-order valence-corrected chi connectivity index (χ0v) is 7.96. The Morgan fingerprint density at radius 2 is 2.33 bits per heavy atom. The summed E-state index contributed by atoms with van der Waals surface area (Å²) in [5, 5.41) is 9.65. The van der Waals surface area contributed by atoms with Gasteiger partial charge in [-0.2, -0.15) is 0 Å². The molecule has 0 aromatic heterocycles. The Morgan fingerprint density at radius 1 is 1.50 bits per heavy atom. The van der Waals surface area contributed by atoms with Crippen LogP contribution < -0.4 is 0 Å². The molecule has 0 saturated carbocycles. The van der Waals surface area contributed by atoms with Crippen molar-refractivity contribution in [2.75, 3.05) is 6.61 Å². The molecule has 1 unspecified atom stereocenters. The lowest BCUT2D eigenvalue weighted by Crippen LogP contribution is -2.24. The van der Waals surface area contributed by atoms with E-state index in [0.29, 0.717) is 0 Å². The van der Waals surface area contributed by atoms with E-state index in [2.05, 4.69) is 6.92 Å². The SMILES string of the molecule is CCCCC[C@H](O)C1CCCO1. The summed E-state index contributed by atoms with van der Waals surface area (Å²) in [5.41, 5.74) is 0. The van der Waals surface area contributed by atoms with Gasteiger partial charge >= 0.3 is 0 Å². The van der Waals surface area contributed by atoms with Gasteiger partial charge in [-0.05, 0) is 19.3 Å². The largest absolute Gasteiger partial charge is 0.390 e. The molecule has 72 valence electrons. The molecule has 1 fully saturated rings. The summed E-state index contributed by atoms with van der Waals surface area (Å²) in [6.07, 6.45) is 6.60. The van der Waals surface area contributed by atoms with E-state index in [1.54, 1.807) is 0 Å². The molecule has 1 aliphatic heterocycles. The quantitative estimate of drug-likeness (QED) is 0.643. The summed E-state index contributed by atoms with van der Waals surface area (Å²) in [6, 6.07) is 0. The van der Waals surface area contributed by atoms with Crippen LogP contribution in [-0.2, 0) is 4.74 Å². The highest BCUT2D eigenvalue weighted by atomic mass is 16.5. The minimum Gasteiger partial charge on any atom is -0.390 e. The summed E-state index contributed by atoms with van der Waals surface area (Å²) < 4.78 is 5.40. The van der Waals surface area contributed by atoms with Gasteiger partial charge in [0, 0.05) is 6.61 Å². The van der Waals surface area contributed by atoms with Crippen molar-refractivity contribution < 1.29 is 9.84 Å². The standard InChI is InChI=1S/C10H20O2/c1-2-3-4-6-9(11)10-7-5-8-12-10/h9-11H,2-8H2,1H3/t9-,10?/m0/s1. The molecule has 2 heteroatoms. The van der Waals surface area contributed by atoms with Crippen LogP contribution in [0.2, 0.25) is 0 Å². The zero-order chi connectivity index (χ0) is 8.81. The van der Waals surface area contributed by atoms with E-state index < -0.39 is 0 Å². The van der Waals surface area contributed by atoms with E-state index >= 15 is 0 Å². The van der Waals surface area contributed by atoms with Gasteiger partial charge in [-0.1, -0.05) is 26.2 Å². The highest BCUT2D eigenvalue weighted by molar-refractivity contribution is 4.73. The van der Waals surface area contributed by atoms with Gasteiger partial charge in [0.05, 0.1) is 12.2 Å². The third-order valence-corrected chi connectivity index (χ3v) is 2.50. The van der Waals surface area contributed by atoms with Crippen molar-refractivity contribution in [3.8, 4) is 0 Å². The average Bonchev–Trinajstić information content (AvgIpc) is 2.56. The van der Waals surface area contributed by atoms with Crippen LogP contribution in [0.5, 0.6) is 0 Å². The van der Waals surface area contributed by atoms with Gasteiger partial charge in [0.2, 0.25) is 0 Å².